The summed E-state index contributed by atoms with van der Waals surface area (Å²) in [5.41, 5.74) is 0. The molecule has 1 aromatic heterocycles. The van der Waals surface area contributed by atoms with Crippen LogP contribution in [0, 0.1) is 0 Å². The first kappa shape index (κ1) is 10.6. The highest BCUT2D eigenvalue weighted by Gasteiger charge is 2.26. The minimum absolute atomic E-state index is 0.430. The van der Waals surface area contributed by atoms with Gasteiger partial charge in [-0.2, -0.15) is 13.2 Å². The molecule has 0 radical (unpaired) electrons. The van der Waals surface area contributed by atoms with Gasteiger partial charge in [-0.25, -0.2) is 9.78 Å². The maximum absolute atomic E-state index is 11.7. The van der Waals surface area contributed by atoms with Crippen molar-refractivity contribution < 1.29 is 18.0 Å². The number of hydrogen-bond acceptors (Lipinski definition) is 2. The first-order chi connectivity index (χ1) is 6.49. The third-order valence-corrected chi connectivity index (χ3v) is 1.42. The topological polar surface area (TPSA) is 46.9 Å². The van der Waals surface area contributed by atoms with E-state index in [9.17, 15) is 18.0 Å². The van der Waals surface area contributed by atoms with Crippen molar-refractivity contribution in [2.45, 2.75) is 12.6 Å². The molecular weight excluding hydrogens is 199 g/mol. The van der Waals surface area contributed by atoms with Crippen molar-refractivity contribution in [3.63, 3.8) is 0 Å². The second kappa shape index (κ2) is 4.12. The highest BCUT2D eigenvalue weighted by molar-refractivity contribution is 5.76. The minimum Gasteiger partial charge on any atom is -0.337 e. The van der Waals surface area contributed by atoms with Gasteiger partial charge in [0.15, 0.2) is 0 Å². The molecule has 0 unspecified atom stereocenters. The van der Waals surface area contributed by atoms with Gasteiger partial charge in [-0.05, 0) is 0 Å². The molecule has 0 fully saturated rings. The Labute approximate surface area is 77.7 Å². The molecule has 0 aliphatic rings. The summed E-state index contributed by atoms with van der Waals surface area (Å²) in [5, 5.41) is 2.11. The number of carbonyl (C=O) groups excluding carboxylic acids is 1. The van der Waals surface area contributed by atoms with Crippen LogP contribution < -0.4 is 5.32 Å². The Morgan fingerprint density at radius 3 is 2.71 bits per heavy atom. The second-order valence-corrected chi connectivity index (χ2v) is 2.57. The van der Waals surface area contributed by atoms with Crippen LogP contribution in [0.2, 0.25) is 0 Å². The van der Waals surface area contributed by atoms with Gasteiger partial charge in [0.25, 0.3) is 0 Å². The van der Waals surface area contributed by atoms with Gasteiger partial charge in [0, 0.05) is 18.9 Å². The number of alkyl halides is 3. The lowest BCUT2D eigenvalue weighted by Crippen LogP contribution is -2.30. The van der Waals surface area contributed by atoms with Crippen LogP contribution in [-0.4, -0.2) is 28.3 Å². The fourth-order valence-corrected chi connectivity index (χ4v) is 0.782. The number of nitrogens with zero attached hydrogens (tertiary/aromatic N) is 2. The molecule has 78 valence electrons. The van der Waals surface area contributed by atoms with E-state index in [2.05, 4.69) is 10.3 Å². The van der Waals surface area contributed by atoms with Gasteiger partial charge in [0.2, 0.25) is 0 Å². The van der Waals surface area contributed by atoms with Gasteiger partial charge >= 0.3 is 12.2 Å². The minimum atomic E-state index is -4.25. The number of rotatable bonds is 2. The van der Waals surface area contributed by atoms with E-state index in [0.717, 1.165) is 4.57 Å². The highest BCUT2D eigenvalue weighted by atomic mass is 19.4. The zero-order valence-electron chi connectivity index (χ0n) is 7.08. The third-order valence-electron chi connectivity index (χ3n) is 1.42. The Hall–Kier alpha value is -1.53. The molecule has 1 aromatic rings. The first-order valence-corrected chi connectivity index (χ1v) is 3.82. The van der Waals surface area contributed by atoms with E-state index >= 15 is 0 Å². The lowest BCUT2D eigenvalue weighted by Gasteiger charge is -2.07. The molecule has 7 heteroatoms. The molecule has 1 N–H and O–H groups in total. The Morgan fingerprint density at radius 1 is 1.50 bits per heavy atom. The largest absolute Gasteiger partial charge is 0.390 e. The van der Waals surface area contributed by atoms with Crippen LogP contribution in [0.25, 0.3) is 0 Å². The van der Waals surface area contributed by atoms with E-state index in [1.54, 1.807) is 0 Å². The Balaban J connectivity index is 2.30. The highest BCUT2D eigenvalue weighted by Crippen LogP contribution is 2.18. The van der Waals surface area contributed by atoms with Crippen LogP contribution in [-0.2, 0) is 0 Å². The van der Waals surface area contributed by atoms with E-state index in [0.29, 0.717) is 0 Å². The number of hydrogen-bond donors (Lipinski definition) is 1. The summed E-state index contributed by atoms with van der Waals surface area (Å²) in [6.45, 7) is -0.430. The zero-order chi connectivity index (χ0) is 10.6. The average molecular weight is 207 g/mol. The number of imidazole rings is 1. The SMILES string of the molecule is O=C(NCCC(F)(F)F)n1ccnc1. The molecule has 4 nitrogen and oxygen atoms in total. The second-order valence-electron chi connectivity index (χ2n) is 2.57. The summed E-state index contributed by atoms with van der Waals surface area (Å²) < 4.78 is 36.1. The Morgan fingerprint density at radius 2 is 2.21 bits per heavy atom. The summed E-state index contributed by atoms with van der Waals surface area (Å²) in [7, 11) is 0. The number of carbonyl (C=O) groups is 1. The van der Waals surface area contributed by atoms with Crippen LogP contribution in [0.1, 0.15) is 6.42 Å². The normalized spacial score (nSPS) is 11.4. The fourth-order valence-electron chi connectivity index (χ4n) is 0.782. The summed E-state index contributed by atoms with van der Waals surface area (Å²) in [6.07, 6.45) is -1.36. The van der Waals surface area contributed by atoms with E-state index in [1.165, 1.54) is 18.7 Å². The Bertz CT molecular complexity index is 294. The van der Waals surface area contributed by atoms with Crippen LogP contribution in [0.4, 0.5) is 18.0 Å². The molecule has 0 saturated heterocycles. The van der Waals surface area contributed by atoms with Gasteiger partial charge in [-0.15, -0.1) is 0 Å². The molecule has 0 atom stereocenters. The predicted octanol–water partition coefficient (Wildman–Crippen LogP) is 1.39. The number of halogens is 3. The number of amides is 1. The summed E-state index contributed by atoms with van der Waals surface area (Å²) in [5.74, 6) is 0. The number of aromatic nitrogens is 2. The monoisotopic (exact) mass is 207 g/mol. The van der Waals surface area contributed by atoms with Crippen molar-refractivity contribution >= 4 is 6.03 Å². The van der Waals surface area contributed by atoms with E-state index in [1.807, 2.05) is 0 Å². The van der Waals surface area contributed by atoms with E-state index < -0.39 is 25.2 Å². The molecule has 0 aliphatic carbocycles. The molecule has 1 amide bonds. The van der Waals surface area contributed by atoms with Crippen LogP contribution >= 0.6 is 0 Å². The van der Waals surface area contributed by atoms with Crippen molar-refractivity contribution in [3.8, 4) is 0 Å². The quantitative estimate of drug-likeness (QED) is 0.796. The maximum Gasteiger partial charge on any atom is 0.390 e. The van der Waals surface area contributed by atoms with Crippen molar-refractivity contribution in [3.05, 3.63) is 18.7 Å². The molecule has 0 aromatic carbocycles. The molecule has 0 spiro atoms. The third kappa shape index (κ3) is 3.46. The molecule has 0 saturated carbocycles. The van der Waals surface area contributed by atoms with Crippen molar-refractivity contribution in [2.24, 2.45) is 0 Å². The van der Waals surface area contributed by atoms with Crippen molar-refractivity contribution in [1.82, 2.24) is 14.9 Å². The Kier molecular flexibility index (Phi) is 3.10. The molecule has 14 heavy (non-hydrogen) atoms. The molecule has 1 heterocycles. The van der Waals surface area contributed by atoms with Crippen molar-refractivity contribution in [2.75, 3.05) is 6.54 Å². The van der Waals surface area contributed by atoms with E-state index in [-0.39, 0.29) is 0 Å². The van der Waals surface area contributed by atoms with E-state index in [4.69, 9.17) is 0 Å². The lowest BCUT2D eigenvalue weighted by molar-refractivity contribution is -0.132. The van der Waals surface area contributed by atoms with Crippen LogP contribution in [0.5, 0.6) is 0 Å². The standard InChI is InChI=1S/C7H8F3N3O/c8-7(9,10)1-2-12-6(14)13-4-3-11-5-13/h3-5H,1-2H2,(H,12,14). The van der Waals surface area contributed by atoms with Crippen LogP contribution in [0.15, 0.2) is 18.7 Å². The van der Waals surface area contributed by atoms with Crippen LogP contribution in [0.3, 0.4) is 0 Å². The number of nitrogens with one attached hydrogen (secondary N) is 1. The van der Waals surface area contributed by atoms with Gasteiger partial charge in [-0.3, -0.25) is 4.57 Å². The fraction of sp³-hybridized carbons (Fsp3) is 0.429. The first-order valence-electron chi connectivity index (χ1n) is 3.82. The summed E-state index contributed by atoms with van der Waals surface area (Å²) >= 11 is 0. The van der Waals surface area contributed by atoms with Gasteiger partial charge in [-0.1, -0.05) is 0 Å². The van der Waals surface area contributed by atoms with Crippen molar-refractivity contribution in [1.29, 1.82) is 0 Å². The molecule has 1 rings (SSSR count). The lowest BCUT2D eigenvalue weighted by atomic mass is 10.4. The predicted molar refractivity (Wildman–Crippen MR) is 41.7 cm³/mol. The molecular formula is C7H8F3N3O. The summed E-state index contributed by atoms with van der Waals surface area (Å²) in [4.78, 5) is 14.6. The molecule has 0 aliphatic heterocycles. The van der Waals surface area contributed by atoms with Gasteiger partial charge < -0.3 is 5.32 Å². The smallest absolute Gasteiger partial charge is 0.337 e. The molecule has 0 bridgehead atoms. The average Bonchev–Trinajstić information content (AvgIpc) is 2.53. The van der Waals surface area contributed by atoms with Gasteiger partial charge in [0.05, 0.1) is 6.42 Å². The van der Waals surface area contributed by atoms with Gasteiger partial charge in [0.1, 0.15) is 6.33 Å². The summed E-state index contributed by atoms with van der Waals surface area (Å²) in [6, 6.07) is -0.619. The zero-order valence-corrected chi connectivity index (χ0v) is 7.08. The maximum atomic E-state index is 11.7.